The monoisotopic (exact) mass is 405 g/mol. The van der Waals surface area contributed by atoms with Crippen molar-refractivity contribution in [2.24, 2.45) is 0 Å². The quantitative estimate of drug-likeness (QED) is 0.568. The number of nitrogens with zero attached hydrogens (tertiary/aromatic N) is 2. The lowest BCUT2D eigenvalue weighted by atomic mass is 10.1. The Labute approximate surface area is 166 Å². The van der Waals surface area contributed by atoms with Gasteiger partial charge < -0.3 is 14.6 Å². The SMILES string of the molecule is CCCN(CC)c1cc(C(=O)OC)c2nc(-c3ccccc3C(F)(F)F)[nH]c2c1. The van der Waals surface area contributed by atoms with Crippen molar-refractivity contribution in [3.63, 3.8) is 0 Å². The fourth-order valence-electron chi connectivity index (χ4n) is 3.35. The number of carbonyl (C=O) groups excluding carboxylic acids is 1. The number of fused-ring (bicyclic) bond motifs is 1. The van der Waals surface area contributed by atoms with Crippen LogP contribution in [-0.4, -0.2) is 36.1 Å². The van der Waals surface area contributed by atoms with Crippen LogP contribution in [0, 0.1) is 0 Å². The van der Waals surface area contributed by atoms with Crippen molar-refractivity contribution >= 4 is 22.7 Å². The fourth-order valence-corrected chi connectivity index (χ4v) is 3.35. The van der Waals surface area contributed by atoms with Gasteiger partial charge in [-0.25, -0.2) is 9.78 Å². The largest absolute Gasteiger partial charge is 0.465 e. The zero-order valence-corrected chi connectivity index (χ0v) is 16.4. The lowest BCUT2D eigenvalue weighted by molar-refractivity contribution is -0.137. The van der Waals surface area contributed by atoms with Gasteiger partial charge in [-0.15, -0.1) is 0 Å². The van der Waals surface area contributed by atoms with Gasteiger partial charge in [0.1, 0.15) is 11.3 Å². The maximum Gasteiger partial charge on any atom is 0.417 e. The summed E-state index contributed by atoms with van der Waals surface area (Å²) >= 11 is 0. The average molecular weight is 405 g/mol. The second kappa shape index (κ2) is 8.14. The first kappa shape index (κ1) is 20.7. The van der Waals surface area contributed by atoms with Gasteiger partial charge in [-0.05, 0) is 31.5 Å². The Hall–Kier alpha value is -3.03. The Bertz CT molecular complexity index is 1030. The molecule has 0 amide bonds. The van der Waals surface area contributed by atoms with E-state index in [1.807, 2.05) is 13.8 Å². The van der Waals surface area contributed by atoms with E-state index in [2.05, 4.69) is 14.9 Å². The molecule has 0 fully saturated rings. The molecule has 0 bridgehead atoms. The van der Waals surface area contributed by atoms with E-state index in [4.69, 9.17) is 4.74 Å². The summed E-state index contributed by atoms with van der Waals surface area (Å²) in [6.45, 7) is 5.54. The number of rotatable bonds is 6. The van der Waals surface area contributed by atoms with Crippen LogP contribution in [-0.2, 0) is 10.9 Å². The summed E-state index contributed by atoms with van der Waals surface area (Å²) in [5.74, 6) is -0.541. The van der Waals surface area contributed by atoms with Crippen molar-refractivity contribution < 1.29 is 22.7 Å². The van der Waals surface area contributed by atoms with E-state index in [9.17, 15) is 18.0 Å². The first-order chi connectivity index (χ1) is 13.8. The van der Waals surface area contributed by atoms with E-state index in [1.165, 1.54) is 25.3 Å². The molecule has 0 aliphatic carbocycles. The molecule has 5 nitrogen and oxygen atoms in total. The van der Waals surface area contributed by atoms with Gasteiger partial charge in [-0.1, -0.05) is 25.1 Å². The van der Waals surface area contributed by atoms with Crippen LogP contribution in [0.3, 0.4) is 0 Å². The summed E-state index contributed by atoms with van der Waals surface area (Å²) in [5, 5.41) is 0. The topological polar surface area (TPSA) is 58.2 Å². The minimum Gasteiger partial charge on any atom is -0.465 e. The molecular formula is C21H22F3N3O2. The number of H-pyrrole nitrogens is 1. The van der Waals surface area contributed by atoms with Crippen molar-refractivity contribution in [3.8, 4) is 11.4 Å². The molecule has 154 valence electrons. The number of nitrogens with one attached hydrogen (secondary N) is 1. The number of anilines is 1. The van der Waals surface area contributed by atoms with Crippen molar-refractivity contribution in [3.05, 3.63) is 47.5 Å². The predicted molar refractivity (Wildman–Crippen MR) is 106 cm³/mol. The summed E-state index contributed by atoms with van der Waals surface area (Å²) in [5.41, 5.74) is 0.877. The molecule has 0 spiro atoms. The van der Waals surface area contributed by atoms with Crippen LogP contribution in [0.5, 0.6) is 0 Å². The Morgan fingerprint density at radius 2 is 1.93 bits per heavy atom. The highest BCUT2D eigenvalue weighted by atomic mass is 19.4. The number of imidazole rings is 1. The standard InChI is InChI=1S/C21H22F3N3O2/c1-4-10-27(5-2)13-11-15(20(28)29-3)18-17(12-13)25-19(26-18)14-8-6-7-9-16(14)21(22,23)24/h6-9,11-12H,4-5,10H2,1-3H3,(H,25,26). The number of esters is 1. The van der Waals surface area contributed by atoms with Gasteiger partial charge >= 0.3 is 12.1 Å². The molecule has 2 aromatic carbocycles. The van der Waals surface area contributed by atoms with Crippen LogP contribution in [0.4, 0.5) is 18.9 Å². The molecule has 0 radical (unpaired) electrons. The number of halogens is 3. The summed E-state index contributed by atoms with van der Waals surface area (Å²) in [6.07, 6.45) is -3.61. The highest BCUT2D eigenvalue weighted by Gasteiger charge is 2.34. The molecule has 1 N–H and O–H groups in total. The van der Waals surface area contributed by atoms with Crippen LogP contribution in [0.15, 0.2) is 36.4 Å². The molecule has 3 rings (SSSR count). The van der Waals surface area contributed by atoms with Crippen LogP contribution in [0.25, 0.3) is 22.4 Å². The second-order valence-corrected chi connectivity index (χ2v) is 6.59. The average Bonchev–Trinajstić information content (AvgIpc) is 3.14. The van der Waals surface area contributed by atoms with Gasteiger partial charge in [-0.2, -0.15) is 13.2 Å². The molecule has 0 unspecified atom stereocenters. The Balaban J connectivity index is 2.23. The fraction of sp³-hybridized carbons (Fsp3) is 0.333. The van der Waals surface area contributed by atoms with Gasteiger partial charge in [0.05, 0.1) is 23.8 Å². The van der Waals surface area contributed by atoms with Gasteiger partial charge in [0.2, 0.25) is 0 Å². The van der Waals surface area contributed by atoms with Crippen molar-refractivity contribution in [1.29, 1.82) is 0 Å². The third-order valence-corrected chi connectivity index (χ3v) is 4.70. The number of alkyl halides is 3. The minimum atomic E-state index is -4.52. The van der Waals surface area contributed by atoms with Crippen LogP contribution in [0.1, 0.15) is 36.2 Å². The number of hydrogen-bond acceptors (Lipinski definition) is 4. The number of aromatic nitrogens is 2. The molecule has 0 saturated carbocycles. The molecule has 1 aromatic heterocycles. The molecule has 0 aliphatic heterocycles. The Morgan fingerprint density at radius 1 is 1.21 bits per heavy atom. The Morgan fingerprint density at radius 3 is 2.55 bits per heavy atom. The Kier molecular flexibility index (Phi) is 5.81. The highest BCUT2D eigenvalue weighted by molar-refractivity contribution is 6.04. The third kappa shape index (κ3) is 4.06. The smallest absolute Gasteiger partial charge is 0.417 e. The summed E-state index contributed by atoms with van der Waals surface area (Å²) in [6, 6.07) is 8.69. The lowest BCUT2D eigenvalue weighted by Crippen LogP contribution is -2.23. The van der Waals surface area contributed by atoms with E-state index in [0.717, 1.165) is 31.3 Å². The number of hydrogen-bond donors (Lipinski definition) is 1. The summed E-state index contributed by atoms with van der Waals surface area (Å²) in [7, 11) is 1.26. The van der Waals surface area contributed by atoms with E-state index in [0.29, 0.717) is 5.52 Å². The van der Waals surface area contributed by atoms with Crippen LogP contribution >= 0.6 is 0 Å². The van der Waals surface area contributed by atoms with Gasteiger partial charge in [0.15, 0.2) is 0 Å². The molecular weight excluding hydrogens is 383 g/mol. The molecule has 29 heavy (non-hydrogen) atoms. The maximum absolute atomic E-state index is 13.4. The minimum absolute atomic E-state index is 0.0498. The number of ether oxygens (including phenoxy) is 1. The number of benzene rings is 2. The number of methoxy groups -OCH3 is 1. The molecule has 0 saturated heterocycles. The molecule has 3 aromatic rings. The van der Waals surface area contributed by atoms with Crippen molar-refractivity contribution in [1.82, 2.24) is 9.97 Å². The number of carbonyl (C=O) groups is 1. The molecule has 0 aliphatic rings. The second-order valence-electron chi connectivity index (χ2n) is 6.59. The van der Waals surface area contributed by atoms with Crippen LogP contribution in [0.2, 0.25) is 0 Å². The van der Waals surface area contributed by atoms with E-state index < -0.39 is 17.7 Å². The zero-order chi connectivity index (χ0) is 21.2. The molecule has 8 heteroatoms. The first-order valence-electron chi connectivity index (χ1n) is 9.33. The van der Waals surface area contributed by atoms with Crippen LogP contribution < -0.4 is 4.90 Å². The van der Waals surface area contributed by atoms with Gasteiger partial charge in [-0.3, -0.25) is 0 Å². The highest BCUT2D eigenvalue weighted by Crippen LogP contribution is 2.37. The van der Waals surface area contributed by atoms with Gasteiger partial charge in [0.25, 0.3) is 0 Å². The molecule has 1 heterocycles. The first-order valence-corrected chi connectivity index (χ1v) is 9.33. The summed E-state index contributed by atoms with van der Waals surface area (Å²) in [4.78, 5) is 21.7. The molecule has 0 atom stereocenters. The summed E-state index contributed by atoms with van der Waals surface area (Å²) < 4.78 is 45.2. The third-order valence-electron chi connectivity index (χ3n) is 4.70. The number of aromatic amines is 1. The van der Waals surface area contributed by atoms with E-state index in [-0.39, 0.29) is 22.5 Å². The van der Waals surface area contributed by atoms with E-state index in [1.54, 1.807) is 12.1 Å². The predicted octanol–water partition coefficient (Wildman–Crippen LogP) is 5.27. The van der Waals surface area contributed by atoms with Gasteiger partial charge in [0, 0.05) is 24.3 Å². The van der Waals surface area contributed by atoms with E-state index >= 15 is 0 Å². The van der Waals surface area contributed by atoms with Crippen molar-refractivity contribution in [2.75, 3.05) is 25.1 Å². The van der Waals surface area contributed by atoms with Crippen molar-refractivity contribution in [2.45, 2.75) is 26.4 Å². The normalized spacial score (nSPS) is 11.7. The lowest BCUT2D eigenvalue weighted by Gasteiger charge is -2.23. The zero-order valence-electron chi connectivity index (χ0n) is 16.4. The maximum atomic E-state index is 13.4.